The Balaban J connectivity index is 1.22. The predicted octanol–water partition coefficient (Wildman–Crippen LogP) is 8.74. The highest BCUT2D eigenvalue weighted by molar-refractivity contribution is 6.31. The van der Waals surface area contributed by atoms with Gasteiger partial charge in [-0.2, -0.15) is 0 Å². The average molecular weight is 1110 g/mol. The minimum atomic E-state index is -1.20. The van der Waals surface area contributed by atoms with E-state index in [9.17, 15) is 14.4 Å². The number of carbonyl (C=O) groups excluding carboxylic acids is 5. The number of likely N-dealkylation sites (N-methyl/N-ethyl adjacent to an activating group) is 2. The van der Waals surface area contributed by atoms with Crippen LogP contribution in [0.15, 0.2) is 108 Å². The zero-order valence-corrected chi connectivity index (χ0v) is 47.4. The molecule has 4 aromatic carbocycles. The summed E-state index contributed by atoms with van der Waals surface area (Å²) in [6, 6.07) is 26.2. The second kappa shape index (κ2) is 29.2. The smallest absolute Gasteiger partial charge is 0.247 e. The molecular formula is C61H78Cl2N8O7. The first-order chi connectivity index (χ1) is 37.6. The fourth-order valence-corrected chi connectivity index (χ4v) is 10.9. The Morgan fingerprint density at radius 2 is 1.46 bits per heavy atom. The van der Waals surface area contributed by atoms with E-state index >= 15 is 9.59 Å². The number of hydrogen-bond donors (Lipinski definition) is 3. The molecule has 0 bridgehead atoms. The SMILES string of the molecule is COC[C@@H]1NC(=O)[C@H](C)N(Cc2ccc(Cl)cc2Oc2ccc(C3=CN=C(CN4CCCC4)C(C)CC3)cc2)C(=O)C[C@@H](Cc2ccccc2)C(=O)N(C)[C@@H](CCCCN)CNC(=O)C[C@H](Cc2ccc(Cl)cc2)N(C)C1=O. The largest absolute Gasteiger partial charge is 0.457 e. The van der Waals surface area contributed by atoms with Crippen molar-refractivity contribution in [1.29, 1.82) is 0 Å². The van der Waals surface area contributed by atoms with E-state index in [-0.39, 0.29) is 50.8 Å². The zero-order chi connectivity index (χ0) is 55.7. The number of nitrogens with two attached hydrogens (primary N) is 1. The number of carbonyl (C=O) groups is 5. The lowest BCUT2D eigenvalue weighted by Gasteiger charge is -2.35. The van der Waals surface area contributed by atoms with Gasteiger partial charge in [0.15, 0.2) is 0 Å². The lowest BCUT2D eigenvalue weighted by Crippen LogP contribution is -2.57. The molecule has 3 aliphatic heterocycles. The van der Waals surface area contributed by atoms with Crippen molar-refractivity contribution in [3.63, 3.8) is 0 Å². The molecule has 7 rings (SSSR count). The maximum atomic E-state index is 15.3. The molecular weight excluding hydrogens is 1030 g/mol. The van der Waals surface area contributed by atoms with Crippen LogP contribution in [0.25, 0.3) is 5.57 Å². The molecule has 1 unspecified atom stereocenters. The van der Waals surface area contributed by atoms with Crippen LogP contribution in [-0.2, 0) is 48.1 Å². The number of nitrogens with one attached hydrogen (secondary N) is 2. The van der Waals surface area contributed by atoms with Gasteiger partial charge in [-0.05, 0) is 143 Å². The van der Waals surface area contributed by atoms with Gasteiger partial charge in [0.25, 0.3) is 0 Å². The summed E-state index contributed by atoms with van der Waals surface area (Å²) in [6.07, 6.45) is 8.50. The topological polar surface area (TPSA) is 179 Å². The first-order valence-electron chi connectivity index (χ1n) is 27.5. The van der Waals surface area contributed by atoms with E-state index in [1.165, 1.54) is 35.5 Å². The van der Waals surface area contributed by atoms with E-state index in [0.29, 0.717) is 65.3 Å². The fraction of sp³-hybridized carbons (Fsp3) is 0.475. The number of nitrogens with zero attached hydrogens (tertiary/aromatic N) is 5. The number of allylic oxidation sites excluding steroid dienone is 1. The number of methoxy groups -OCH3 is 1. The van der Waals surface area contributed by atoms with Crippen molar-refractivity contribution in [2.75, 3.05) is 60.5 Å². The summed E-state index contributed by atoms with van der Waals surface area (Å²) >= 11 is 12.9. The molecule has 418 valence electrons. The van der Waals surface area contributed by atoms with Crippen LogP contribution < -0.4 is 21.1 Å². The van der Waals surface area contributed by atoms with Gasteiger partial charge in [0.1, 0.15) is 23.6 Å². The lowest BCUT2D eigenvalue weighted by atomic mass is 9.92. The Labute approximate surface area is 470 Å². The number of likely N-dealkylation sites (tertiary alicyclic amines) is 1. The Bertz CT molecular complexity index is 2720. The second-order valence-electron chi connectivity index (χ2n) is 21.2. The number of hydrogen-bond acceptors (Lipinski definition) is 10. The van der Waals surface area contributed by atoms with E-state index in [0.717, 1.165) is 54.7 Å². The molecule has 3 aliphatic rings. The number of rotatable bonds is 17. The van der Waals surface area contributed by atoms with E-state index in [1.54, 1.807) is 56.3 Å². The third-order valence-corrected chi connectivity index (χ3v) is 16.0. The van der Waals surface area contributed by atoms with Crippen LogP contribution in [0.3, 0.4) is 0 Å². The number of halogens is 2. The molecule has 0 radical (unpaired) electrons. The zero-order valence-electron chi connectivity index (χ0n) is 45.9. The van der Waals surface area contributed by atoms with E-state index < -0.39 is 47.8 Å². The van der Waals surface area contributed by atoms with Crippen LogP contribution in [-0.4, -0.2) is 140 Å². The predicted molar refractivity (Wildman–Crippen MR) is 308 cm³/mol. The highest BCUT2D eigenvalue weighted by Crippen LogP contribution is 2.34. The van der Waals surface area contributed by atoms with Gasteiger partial charge >= 0.3 is 0 Å². The van der Waals surface area contributed by atoms with Gasteiger partial charge < -0.3 is 40.5 Å². The number of aliphatic imine (C=N–C) groups is 1. The highest BCUT2D eigenvalue weighted by Gasteiger charge is 2.37. The Morgan fingerprint density at radius 1 is 0.769 bits per heavy atom. The van der Waals surface area contributed by atoms with Gasteiger partial charge in [-0.1, -0.05) is 97.2 Å². The number of amides is 5. The summed E-state index contributed by atoms with van der Waals surface area (Å²) in [6.45, 7) is 7.29. The monoisotopic (exact) mass is 1100 g/mol. The van der Waals surface area contributed by atoms with Gasteiger partial charge in [-0.3, -0.25) is 33.9 Å². The summed E-state index contributed by atoms with van der Waals surface area (Å²) in [5, 5.41) is 6.90. The van der Waals surface area contributed by atoms with Gasteiger partial charge in [-0.25, -0.2) is 0 Å². The van der Waals surface area contributed by atoms with Gasteiger partial charge in [0.05, 0.1) is 19.1 Å². The first-order valence-corrected chi connectivity index (χ1v) is 28.3. The molecule has 0 aliphatic carbocycles. The maximum Gasteiger partial charge on any atom is 0.247 e. The van der Waals surface area contributed by atoms with Crippen LogP contribution in [0.5, 0.6) is 11.5 Å². The van der Waals surface area contributed by atoms with Crippen molar-refractivity contribution in [2.45, 2.75) is 115 Å². The van der Waals surface area contributed by atoms with Gasteiger partial charge in [0, 0.05) is 86.7 Å². The third-order valence-electron chi connectivity index (χ3n) is 15.5. The van der Waals surface area contributed by atoms with E-state index in [1.807, 2.05) is 72.9 Å². The van der Waals surface area contributed by atoms with Gasteiger partial charge in [-0.15, -0.1) is 0 Å². The van der Waals surface area contributed by atoms with Crippen molar-refractivity contribution in [3.05, 3.63) is 136 Å². The average Bonchev–Trinajstić information content (AvgIpc) is 3.90. The number of unbranched alkanes of at least 4 members (excludes halogenated alkanes) is 1. The molecule has 0 aromatic heterocycles. The molecule has 2 saturated heterocycles. The van der Waals surface area contributed by atoms with Crippen LogP contribution in [0.4, 0.5) is 0 Å². The summed E-state index contributed by atoms with van der Waals surface area (Å²) in [5.74, 6) is -1.80. The van der Waals surface area contributed by atoms with Gasteiger partial charge in [0.2, 0.25) is 29.5 Å². The molecule has 78 heavy (non-hydrogen) atoms. The molecule has 17 heteroatoms. The van der Waals surface area contributed by atoms with Crippen LogP contribution in [0.2, 0.25) is 10.0 Å². The highest BCUT2D eigenvalue weighted by atomic mass is 35.5. The van der Waals surface area contributed by atoms with Crippen molar-refractivity contribution in [3.8, 4) is 11.5 Å². The van der Waals surface area contributed by atoms with E-state index in [4.69, 9.17) is 43.4 Å². The second-order valence-corrected chi connectivity index (χ2v) is 22.1. The summed E-state index contributed by atoms with van der Waals surface area (Å²) in [5.41, 5.74) is 11.6. The molecule has 5 amide bonds. The minimum Gasteiger partial charge on any atom is -0.457 e. The van der Waals surface area contributed by atoms with Crippen LogP contribution >= 0.6 is 23.2 Å². The molecule has 4 N–H and O–H groups in total. The maximum absolute atomic E-state index is 15.3. The molecule has 0 saturated carbocycles. The van der Waals surface area contributed by atoms with Crippen molar-refractivity contribution >= 4 is 64.0 Å². The van der Waals surface area contributed by atoms with Crippen LogP contribution in [0.1, 0.15) is 93.9 Å². The Hall–Kier alpha value is -6.10. The fourth-order valence-electron chi connectivity index (χ4n) is 10.6. The summed E-state index contributed by atoms with van der Waals surface area (Å²) in [4.78, 5) is 85.8. The summed E-state index contributed by atoms with van der Waals surface area (Å²) < 4.78 is 12.1. The molecule has 6 atom stereocenters. The normalized spacial score (nSPS) is 22.8. The quantitative estimate of drug-likeness (QED) is 0.0873. The molecule has 3 heterocycles. The van der Waals surface area contributed by atoms with Crippen molar-refractivity contribution in [2.24, 2.45) is 22.6 Å². The minimum absolute atomic E-state index is 0.0804. The molecule has 15 nitrogen and oxygen atoms in total. The lowest BCUT2D eigenvalue weighted by molar-refractivity contribution is -0.147. The van der Waals surface area contributed by atoms with Crippen molar-refractivity contribution < 1.29 is 33.4 Å². The molecule has 0 spiro atoms. The number of benzene rings is 4. The third kappa shape index (κ3) is 16.7. The van der Waals surface area contributed by atoms with E-state index in [2.05, 4.69) is 22.5 Å². The molecule has 4 aromatic rings. The Morgan fingerprint density at radius 3 is 2.17 bits per heavy atom. The molecule has 2 fully saturated rings. The van der Waals surface area contributed by atoms with Crippen LogP contribution in [0, 0.1) is 11.8 Å². The number of ether oxygens (including phenoxy) is 2. The first kappa shape index (κ1) is 59.6. The Kier molecular flexibility index (Phi) is 22.3. The van der Waals surface area contributed by atoms with Crippen molar-refractivity contribution in [1.82, 2.24) is 30.2 Å². The summed E-state index contributed by atoms with van der Waals surface area (Å²) in [7, 11) is 4.74. The standard InChI is InChI=1S/C61H78Cl2N8O7/c1-41-16-19-46(36-65-54(41)39-70-29-11-12-30-70)45-21-26-53(27-22-45)78-56-34-50(63)25-20-47(56)38-71-42(2)59(74)67-55(40-77-5)61(76)69(4)52(32-44-17-23-49(62)24-18-44)35-57(72)66-37-51(15-9-10-28-64)68(3)60(75)48(33-58(71)73)31-43-13-7-6-8-14-43/h6-8,13-14,17-18,20-27,34,36,41-42,48,51-52,55H,9-12,15-16,19,28-33,35,37-40,64H2,1-5H3,(H,66,72)(H,67,74)/t41?,42-,48+,51-,52-,55-/m0/s1.